The van der Waals surface area contributed by atoms with Crippen molar-refractivity contribution in [2.75, 3.05) is 11.9 Å². The number of nitrogens with one attached hydrogen (secondary N) is 1. The van der Waals surface area contributed by atoms with Gasteiger partial charge in [-0.2, -0.15) is 5.10 Å². The number of likely N-dealkylation sites (tertiary alicyclic amines) is 1. The van der Waals surface area contributed by atoms with Gasteiger partial charge in [0.05, 0.1) is 22.1 Å². The molecule has 42 heavy (non-hydrogen) atoms. The molecule has 7 nitrogen and oxygen atoms in total. The Hall–Kier alpha value is -3.46. The van der Waals surface area contributed by atoms with Crippen molar-refractivity contribution >= 4 is 51.7 Å². The Balaban J connectivity index is 1.50. The fourth-order valence-electron chi connectivity index (χ4n) is 7.68. The third-order valence-electron chi connectivity index (χ3n) is 9.28. The lowest BCUT2D eigenvalue weighted by Gasteiger charge is -2.46. The zero-order chi connectivity index (χ0) is 29.7. The molecule has 4 atom stereocenters. The van der Waals surface area contributed by atoms with Crippen molar-refractivity contribution in [1.29, 1.82) is 0 Å². The molecule has 3 aliphatic heterocycles. The average molecular weight is 608 g/mol. The van der Waals surface area contributed by atoms with E-state index in [9.17, 15) is 14.7 Å². The van der Waals surface area contributed by atoms with Gasteiger partial charge in [0.25, 0.3) is 0 Å². The van der Waals surface area contributed by atoms with E-state index in [0.717, 1.165) is 16.6 Å². The number of benzene rings is 3. The van der Waals surface area contributed by atoms with E-state index in [4.69, 9.17) is 28.3 Å². The first-order chi connectivity index (χ1) is 20.0. The van der Waals surface area contributed by atoms with Crippen molar-refractivity contribution in [2.24, 2.45) is 5.92 Å². The molecule has 1 aromatic heterocycles. The number of hydrogen-bond donors (Lipinski definition) is 2. The quantitative estimate of drug-likeness (QED) is 0.272. The fourth-order valence-corrected chi connectivity index (χ4v) is 8.04. The number of rotatable bonds is 4. The molecule has 0 bridgehead atoms. The van der Waals surface area contributed by atoms with Crippen LogP contribution >= 0.6 is 23.2 Å². The largest absolute Gasteiger partial charge is 0.478 e. The van der Waals surface area contributed by atoms with Gasteiger partial charge in [-0.15, -0.1) is 0 Å². The number of anilines is 1. The van der Waals surface area contributed by atoms with Gasteiger partial charge in [0.2, 0.25) is 5.91 Å². The van der Waals surface area contributed by atoms with E-state index >= 15 is 4.39 Å². The van der Waals surface area contributed by atoms with Crippen LogP contribution in [0.25, 0.3) is 10.9 Å². The summed E-state index contributed by atoms with van der Waals surface area (Å²) in [5.41, 5.74) is 3.19. The maximum atomic E-state index is 16.1. The predicted octanol–water partition coefficient (Wildman–Crippen LogP) is 6.64. The highest BCUT2D eigenvalue weighted by molar-refractivity contribution is 6.31. The van der Waals surface area contributed by atoms with Gasteiger partial charge in [-0.1, -0.05) is 55.2 Å². The van der Waals surface area contributed by atoms with Crippen molar-refractivity contribution in [3.05, 3.63) is 92.3 Å². The molecule has 1 fully saturated rings. The average Bonchev–Trinajstić information content (AvgIpc) is 3.53. The van der Waals surface area contributed by atoms with Gasteiger partial charge >= 0.3 is 5.97 Å². The summed E-state index contributed by atoms with van der Waals surface area (Å²) in [5.74, 6) is -2.19. The first kappa shape index (κ1) is 27.4. The molecule has 3 aliphatic rings. The highest BCUT2D eigenvalue weighted by Gasteiger charge is 2.67. The standard InChI is InChI=1S/C32H29Cl2FN4O3/c1-15(2)14-38-26-12-25-21-9-16(3)20(30(40)41)11-24(21)37-39(25)29(26)27(19-5-4-6-22(34)28(19)35)32(38)13-17-7-8-18(33)10-23(17)36-31(32)42/h4-11,15,26-27,29H,12-14H2,1-3H3,(H,36,42)(H,40,41)/t26-,27-,29+,32+/m0/s1. The third kappa shape index (κ3) is 3.78. The number of aryl methyl sites for hydroxylation is 1. The van der Waals surface area contributed by atoms with E-state index in [0.29, 0.717) is 46.7 Å². The normalized spacial score (nSPS) is 24.7. The Labute approximate surface area is 252 Å². The molecule has 3 aromatic carbocycles. The lowest BCUT2D eigenvalue weighted by molar-refractivity contribution is -0.129. The van der Waals surface area contributed by atoms with Crippen molar-refractivity contribution in [2.45, 2.75) is 57.2 Å². The maximum absolute atomic E-state index is 16.1. The van der Waals surface area contributed by atoms with Crippen LogP contribution in [0.15, 0.2) is 48.5 Å². The zero-order valence-corrected chi connectivity index (χ0v) is 24.8. The molecular weight excluding hydrogens is 578 g/mol. The van der Waals surface area contributed by atoms with Crippen LogP contribution in [0, 0.1) is 18.7 Å². The van der Waals surface area contributed by atoms with Gasteiger partial charge in [-0.3, -0.25) is 14.4 Å². The minimum atomic E-state index is -1.13. The number of fused-ring (bicyclic) bond motifs is 6. The summed E-state index contributed by atoms with van der Waals surface area (Å²) in [6, 6.07) is 13.4. The summed E-state index contributed by atoms with van der Waals surface area (Å²) in [6.45, 7) is 6.62. The van der Waals surface area contributed by atoms with Gasteiger partial charge in [-0.05, 0) is 59.9 Å². The van der Waals surface area contributed by atoms with E-state index in [1.54, 1.807) is 31.2 Å². The molecule has 4 heterocycles. The first-order valence-electron chi connectivity index (χ1n) is 14.1. The van der Waals surface area contributed by atoms with E-state index in [-0.39, 0.29) is 28.5 Å². The van der Waals surface area contributed by atoms with Gasteiger partial charge in [0.15, 0.2) is 0 Å². The molecule has 0 radical (unpaired) electrons. The number of carboxylic acid groups (broad SMARTS) is 1. The number of carboxylic acids is 1. The first-order valence-corrected chi connectivity index (χ1v) is 14.8. The van der Waals surface area contributed by atoms with E-state index in [2.05, 4.69) is 24.1 Å². The number of aromatic carboxylic acids is 1. The summed E-state index contributed by atoms with van der Waals surface area (Å²) in [7, 11) is 0. The minimum Gasteiger partial charge on any atom is -0.478 e. The summed E-state index contributed by atoms with van der Waals surface area (Å²) in [6.07, 6.45) is 0.945. The lowest BCUT2D eigenvalue weighted by atomic mass is 9.71. The van der Waals surface area contributed by atoms with Crippen LogP contribution in [0.5, 0.6) is 0 Å². The Bertz CT molecular complexity index is 1820. The fraction of sp³-hybridized carbons (Fsp3) is 0.344. The molecule has 10 heteroatoms. The highest BCUT2D eigenvalue weighted by Crippen LogP contribution is 2.59. The zero-order valence-electron chi connectivity index (χ0n) is 23.3. The molecule has 0 saturated carbocycles. The molecule has 1 amide bonds. The number of amides is 1. The molecule has 216 valence electrons. The molecule has 1 spiro atoms. The van der Waals surface area contributed by atoms with Crippen molar-refractivity contribution in [3.63, 3.8) is 0 Å². The van der Waals surface area contributed by atoms with Crippen molar-refractivity contribution < 1.29 is 19.1 Å². The number of nitrogens with zero attached hydrogens (tertiary/aromatic N) is 3. The van der Waals surface area contributed by atoms with Gasteiger partial charge in [0, 0.05) is 53.1 Å². The smallest absolute Gasteiger partial charge is 0.336 e. The van der Waals surface area contributed by atoms with E-state index in [1.807, 2.05) is 22.9 Å². The molecular formula is C32H29Cl2FN4O3. The number of aromatic nitrogens is 2. The number of carbonyl (C=O) groups excluding carboxylic acids is 1. The number of halogens is 3. The van der Waals surface area contributed by atoms with E-state index in [1.165, 1.54) is 6.07 Å². The molecule has 2 N–H and O–H groups in total. The van der Waals surface area contributed by atoms with Crippen LogP contribution in [-0.4, -0.2) is 49.8 Å². The van der Waals surface area contributed by atoms with Gasteiger partial charge in [0.1, 0.15) is 11.4 Å². The minimum absolute atomic E-state index is 0.00418. The van der Waals surface area contributed by atoms with Crippen LogP contribution in [-0.2, 0) is 17.6 Å². The van der Waals surface area contributed by atoms with Crippen molar-refractivity contribution in [3.8, 4) is 0 Å². The molecule has 4 aromatic rings. The number of hydrogen-bond acceptors (Lipinski definition) is 4. The molecule has 7 rings (SSSR count). The third-order valence-corrected chi connectivity index (χ3v) is 9.80. The van der Waals surface area contributed by atoms with Crippen LogP contribution in [0.2, 0.25) is 10.0 Å². The van der Waals surface area contributed by atoms with Gasteiger partial charge in [-0.25, -0.2) is 9.18 Å². The Morgan fingerprint density at radius 3 is 2.74 bits per heavy atom. The SMILES string of the molecule is Cc1cc2c3n(nc2cc1C(=O)O)[C@@H]1[C@H](C3)N(CC(C)C)[C@]2(Cc3ccc(Cl)cc3NC2=O)[C@H]1c1cccc(Cl)c1F. The van der Waals surface area contributed by atoms with Crippen LogP contribution in [0.4, 0.5) is 10.1 Å². The second-order valence-electron chi connectivity index (χ2n) is 12.2. The van der Waals surface area contributed by atoms with Crippen LogP contribution < -0.4 is 5.32 Å². The molecule has 1 saturated heterocycles. The Morgan fingerprint density at radius 2 is 2.00 bits per heavy atom. The van der Waals surface area contributed by atoms with Gasteiger partial charge < -0.3 is 10.4 Å². The summed E-state index contributed by atoms with van der Waals surface area (Å²) in [5, 5.41) is 19.2. The summed E-state index contributed by atoms with van der Waals surface area (Å²) < 4.78 is 18.0. The van der Waals surface area contributed by atoms with Crippen molar-refractivity contribution in [1.82, 2.24) is 14.7 Å². The predicted molar refractivity (Wildman–Crippen MR) is 160 cm³/mol. The molecule has 0 aliphatic carbocycles. The van der Waals surface area contributed by atoms with Crippen LogP contribution in [0.1, 0.15) is 58.5 Å². The number of carbonyl (C=O) groups is 2. The summed E-state index contributed by atoms with van der Waals surface area (Å²) >= 11 is 12.6. The second-order valence-corrected chi connectivity index (χ2v) is 13.0. The Kier molecular flexibility index (Phi) is 6.21. The summed E-state index contributed by atoms with van der Waals surface area (Å²) in [4.78, 5) is 28.7. The second kappa shape index (κ2) is 9.53. The Morgan fingerprint density at radius 1 is 1.21 bits per heavy atom. The van der Waals surface area contributed by atoms with Crippen LogP contribution in [0.3, 0.4) is 0 Å². The monoisotopic (exact) mass is 606 g/mol. The lowest BCUT2D eigenvalue weighted by Crippen LogP contribution is -2.62. The molecule has 0 unspecified atom stereocenters. The topological polar surface area (TPSA) is 87.5 Å². The maximum Gasteiger partial charge on any atom is 0.336 e. The highest BCUT2D eigenvalue weighted by atomic mass is 35.5. The van der Waals surface area contributed by atoms with E-state index < -0.39 is 29.3 Å².